The van der Waals surface area contributed by atoms with Crippen LogP contribution in [-0.4, -0.2) is 49.4 Å². The molecule has 1 saturated carbocycles. The van der Waals surface area contributed by atoms with E-state index >= 15 is 0 Å². The highest BCUT2D eigenvalue weighted by Gasteiger charge is 2.37. The molecule has 2 atom stereocenters. The molecule has 3 aliphatic rings. The van der Waals surface area contributed by atoms with E-state index in [4.69, 9.17) is 4.74 Å². The van der Waals surface area contributed by atoms with Crippen LogP contribution >= 0.6 is 0 Å². The van der Waals surface area contributed by atoms with Gasteiger partial charge in [0, 0.05) is 17.8 Å². The number of carbonyl (C=O) groups excluding carboxylic acids is 3. The van der Waals surface area contributed by atoms with Crippen molar-refractivity contribution in [3.05, 3.63) is 29.3 Å². The molecule has 30 heavy (non-hydrogen) atoms. The van der Waals surface area contributed by atoms with Crippen molar-refractivity contribution >= 4 is 23.3 Å². The van der Waals surface area contributed by atoms with E-state index in [1.165, 1.54) is 0 Å². The summed E-state index contributed by atoms with van der Waals surface area (Å²) in [5.41, 5.74) is 2.79. The molecular formula is C23H31N3O4. The zero-order valence-electron chi connectivity index (χ0n) is 17.6. The maximum Gasteiger partial charge on any atom is 0.251 e. The van der Waals surface area contributed by atoms with Crippen molar-refractivity contribution in [3.63, 3.8) is 0 Å². The molecule has 7 heteroatoms. The Morgan fingerprint density at radius 2 is 2.07 bits per heavy atom. The number of ketones is 1. The highest BCUT2D eigenvalue weighted by Crippen LogP contribution is 2.41. The quantitative estimate of drug-likeness (QED) is 0.664. The Balaban J connectivity index is 1.48. The number of amides is 2. The molecule has 3 N–H and O–H groups in total. The molecule has 1 saturated heterocycles. The normalized spacial score (nSPS) is 23.4. The van der Waals surface area contributed by atoms with Crippen molar-refractivity contribution in [1.29, 1.82) is 0 Å². The zero-order valence-corrected chi connectivity index (χ0v) is 17.6. The van der Waals surface area contributed by atoms with E-state index in [0.717, 1.165) is 56.3 Å². The van der Waals surface area contributed by atoms with Gasteiger partial charge >= 0.3 is 0 Å². The number of hydrogen-bond donors (Lipinski definition) is 3. The lowest BCUT2D eigenvalue weighted by atomic mass is 9.81. The smallest absolute Gasteiger partial charge is 0.251 e. The number of fused-ring (bicyclic) bond motifs is 1. The third-order valence-corrected chi connectivity index (χ3v) is 6.67. The van der Waals surface area contributed by atoms with Crippen LogP contribution in [0.15, 0.2) is 18.2 Å². The van der Waals surface area contributed by atoms with Gasteiger partial charge in [0.05, 0.1) is 6.61 Å². The van der Waals surface area contributed by atoms with Gasteiger partial charge < -0.3 is 20.7 Å². The molecular weight excluding hydrogens is 382 g/mol. The van der Waals surface area contributed by atoms with Crippen LogP contribution in [0, 0.1) is 5.41 Å². The molecule has 0 bridgehead atoms. The second-order valence-electron chi connectivity index (χ2n) is 9.19. The molecule has 1 aromatic carbocycles. The number of anilines is 1. The number of ether oxygens (including phenoxy) is 1. The maximum atomic E-state index is 13.0. The number of hydrogen-bond acceptors (Lipinski definition) is 5. The van der Waals surface area contributed by atoms with Crippen molar-refractivity contribution in [2.24, 2.45) is 5.41 Å². The first kappa shape index (κ1) is 20.8. The Kier molecular flexibility index (Phi) is 6.09. The number of benzene rings is 1. The van der Waals surface area contributed by atoms with E-state index in [1.54, 1.807) is 6.07 Å². The standard InChI is InChI=1S/C23H31N3O4/c1-23(8-2-3-9-23)12-18(22(29)26-19-13-30-14-20(19)27)25-21(28)16-6-7-17-15(11-16)5-4-10-24-17/h6-7,11,18-19,24H,2-5,8-10,12-14H2,1H3,(H,25,28)(H,26,29)/t18-,19-/m0/s1. The van der Waals surface area contributed by atoms with E-state index in [1.807, 2.05) is 12.1 Å². The maximum absolute atomic E-state index is 13.0. The second-order valence-corrected chi connectivity index (χ2v) is 9.19. The van der Waals surface area contributed by atoms with Crippen LogP contribution in [0.5, 0.6) is 0 Å². The molecule has 2 aliphatic heterocycles. The van der Waals surface area contributed by atoms with Crippen LogP contribution in [0.1, 0.15) is 61.4 Å². The lowest BCUT2D eigenvalue weighted by Gasteiger charge is -2.30. The minimum Gasteiger partial charge on any atom is -0.385 e. The minimum absolute atomic E-state index is 0.0191. The van der Waals surface area contributed by atoms with Crippen LogP contribution in [0.3, 0.4) is 0 Å². The van der Waals surface area contributed by atoms with Crippen molar-refractivity contribution in [3.8, 4) is 0 Å². The number of Topliss-reactive ketones (excluding diaryl/α,β-unsaturated/α-hetero) is 1. The topological polar surface area (TPSA) is 96.5 Å². The molecule has 2 heterocycles. The van der Waals surface area contributed by atoms with Gasteiger partial charge in [0.25, 0.3) is 5.91 Å². The Morgan fingerprint density at radius 3 is 2.80 bits per heavy atom. The third kappa shape index (κ3) is 4.67. The molecule has 0 spiro atoms. The lowest BCUT2D eigenvalue weighted by Crippen LogP contribution is -2.52. The molecule has 1 aromatic rings. The molecule has 2 amide bonds. The summed E-state index contributed by atoms with van der Waals surface area (Å²) < 4.78 is 5.15. The van der Waals surface area contributed by atoms with Crippen molar-refractivity contribution in [2.45, 2.75) is 64.0 Å². The SMILES string of the molecule is CC1(C[C@H](NC(=O)c2ccc3c(c2)CCCN3)C(=O)N[C@H]2COCC2=O)CCCC1. The van der Waals surface area contributed by atoms with E-state index < -0.39 is 12.1 Å². The van der Waals surface area contributed by atoms with Gasteiger partial charge in [-0.25, -0.2) is 0 Å². The summed E-state index contributed by atoms with van der Waals surface area (Å²) >= 11 is 0. The average molecular weight is 414 g/mol. The van der Waals surface area contributed by atoms with Gasteiger partial charge in [-0.15, -0.1) is 0 Å². The summed E-state index contributed by atoms with van der Waals surface area (Å²) in [4.78, 5) is 37.9. The molecule has 1 aliphatic carbocycles. The number of nitrogens with one attached hydrogen (secondary N) is 3. The molecule has 0 unspecified atom stereocenters. The van der Waals surface area contributed by atoms with Gasteiger partial charge in [-0.05, 0) is 61.3 Å². The Hall–Kier alpha value is -2.41. The molecule has 162 valence electrons. The first-order valence-electron chi connectivity index (χ1n) is 11.0. The summed E-state index contributed by atoms with van der Waals surface area (Å²) in [5, 5.41) is 9.09. The highest BCUT2D eigenvalue weighted by atomic mass is 16.5. The Labute approximate surface area is 177 Å². The Morgan fingerprint density at radius 1 is 1.27 bits per heavy atom. The fraction of sp³-hybridized carbons (Fsp3) is 0.609. The van der Waals surface area contributed by atoms with Crippen LogP contribution in [0.25, 0.3) is 0 Å². The first-order chi connectivity index (χ1) is 14.4. The van der Waals surface area contributed by atoms with Crippen LogP contribution in [0.2, 0.25) is 0 Å². The highest BCUT2D eigenvalue weighted by molar-refractivity contribution is 5.99. The number of rotatable bonds is 6. The van der Waals surface area contributed by atoms with Crippen LogP contribution in [0.4, 0.5) is 5.69 Å². The van der Waals surface area contributed by atoms with Crippen LogP contribution in [-0.2, 0) is 20.7 Å². The number of carbonyl (C=O) groups is 3. The lowest BCUT2D eigenvalue weighted by molar-refractivity contribution is -0.127. The largest absolute Gasteiger partial charge is 0.385 e. The van der Waals surface area contributed by atoms with Gasteiger partial charge in [-0.3, -0.25) is 14.4 Å². The summed E-state index contributed by atoms with van der Waals surface area (Å²) in [7, 11) is 0. The summed E-state index contributed by atoms with van der Waals surface area (Å²) in [6.45, 7) is 3.35. The Bertz CT molecular complexity index is 832. The predicted molar refractivity (Wildman–Crippen MR) is 113 cm³/mol. The predicted octanol–water partition coefficient (Wildman–Crippen LogP) is 2.20. The van der Waals surface area contributed by atoms with Crippen LogP contribution < -0.4 is 16.0 Å². The molecule has 2 fully saturated rings. The van der Waals surface area contributed by atoms with Crippen molar-refractivity contribution in [1.82, 2.24) is 10.6 Å². The average Bonchev–Trinajstić information content (AvgIpc) is 3.35. The van der Waals surface area contributed by atoms with E-state index in [2.05, 4.69) is 22.9 Å². The second kappa shape index (κ2) is 8.76. The van der Waals surface area contributed by atoms with E-state index in [9.17, 15) is 14.4 Å². The molecule has 0 radical (unpaired) electrons. The molecule has 0 aromatic heterocycles. The van der Waals surface area contributed by atoms with Crippen molar-refractivity contribution in [2.75, 3.05) is 25.1 Å². The summed E-state index contributed by atoms with van der Waals surface area (Å²) in [6, 6.07) is 4.35. The van der Waals surface area contributed by atoms with E-state index in [0.29, 0.717) is 12.0 Å². The molecule has 7 nitrogen and oxygen atoms in total. The van der Waals surface area contributed by atoms with Gasteiger partial charge in [0.15, 0.2) is 5.78 Å². The monoisotopic (exact) mass is 413 g/mol. The van der Waals surface area contributed by atoms with Gasteiger partial charge in [0.1, 0.15) is 18.7 Å². The summed E-state index contributed by atoms with van der Waals surface area (Å²) in [6.07, 6.45) is 6.93. The van der Waals surface area contributed by atoms with Crippen molar-refractivity contribution < 1.29 is 19.1 Å². The van der Waals surface area contributed by atoms with Gasteiger partial charge in [-0.1, -0.05) is 19.8 Å². The fourth-order valence-corrected chi connectivity index (χ4v) is 4.86. The van der Waals surface area contributed by atoms with E-state index in [-0.39, 0.29) is 36.2 Å². The van der Waals surface area contributed by atoms with Gasteiger partial charge in [0.2, 0.25) is 5.91 Å². The fourth-order valence-electron chi connectivity index (χ4n) is 4.86. The summed E-state index contributed by atoms with van der Waals surface area (Å²) in [5.74, 6) is -0.679. The third-order valence-electron chi connectivity index (χ3n) is 6.67. The zero-order chi connectivity index (χ0) is 21.1. The minimum atomic E-state index is -0.678. The number of aryl methyl sites for hydroxylation is 1. The molecule has 4 rings (SSSR count). The van der Waals surface area contributed by atoms with Gasteiger partial charge in [-0.2, -0.15) is 0 Å². The first-order valence-corrected chi connectivity index (χ1v) is 11.0.